The minimum Gasteiger partial charge on any atom is -0.480 e. The second kappa shape index (κ2) is 4.09. The van der Waals surface area contributed by atoms with Crippen LogP contribution in [-0.4, -0.2) is 34.6 Å². The van der Waals surface area contributed by atoms with Gasteiger partial charge in [-0.1, -0.05) is 13.8 Å². The Morgan fingerprint density at radius 1 is 1.46 bits per heavy atom. The molecular formula is C10H19NO2. The first-order valence-corrected chi connectivity index (χ1v) is 5.01. The van der Waals surface area contributed by atoms with Crippen LogP contribution in [0.3, 0.4) is 0 Å². The molecular weight excluding hydrogens is 166 g/mol. The fourth-order valence-electron chi connectivity index (χ4n) is 1.59. The summed E-state index contributed by atoms with van der Waals surface area (Å²) < 4.78 is 0. The molecule has 1 atom stereocenters. The van der Waals surface area contributed by atoms with E-state index in [9.17, 15) is 4.79 Å². The first-order valence-electron chi connectivity index (χ1n) is 5.01. The average molecular weight is 185 g/mol. The van der Waals surface area contributed by atoms with Crippen molar-refractivity contribution in [1.82, 2.24) is 4.90 Å². The number of hydrogen-bond donors (Lipinski definition) is 1. The highest BCUT2D eigenvalue weighted by Crippen LogP contribution is 2.29. The van der Waals surface area contributed by atoms with Gasteiger partial charge in [-0.05, 0) is 25.7 Å². The second-order valence-corrected chi connectivity index (χ2v) is 4.34. The number of carbonyl (C=O) groups is 1. The third-order valence-corrected chi connectivity index (χ3v) is 2.45. The number of aliphatic carboxylic acids is 1. The number of rotatable bonds is 5. The molecule has 0 amide bonds. The molecule has 13 heavy (non-hydrogen) atoms. The number of carboxylic acids is 1. The van der Waals surface area contributed by atoms with Crippen LogP contribution in [0.15, 0.2) is 0 Å². The van der Waals surface area contributed by atoms with Crippen LogP contribution in [0.1, 0.15) is 33.6 Å². The molecule has 1 aliphatic carbocycles. The minimum atomic E-state index is -0.701. The van der Waals surface area contributed by atoms with Crippen molar-refractivity contribution in [2.24, 2.45) is 5.92 Å². The van der Waals surface area contributed by atoms with Crippen molar-refractivity contribution < 1.29 is 9.90 Å². The lowest BCUT2D eigenvalue weighted by Gasteiger charge is -2.27. The molecule has 1 aliphatic rings. The lowest BCUT2D eigenvalue weighted by molar-refractivity contribution is -0.143. The van der Waals surface area contributed by atoms with E-state index in [1.807, 2.05) is 0 Å². The summed E-state index contributed by atoms with van der Waals surface area (Å²) >= 11 is 0. The van der Waals surface area contributed by atoms with Gasteiger partial charge in [0, 0.05) is 12.6 Å². The standard InChI is InChI=1S/C10H19NO2/c1-7(2)6-11(9-4-5-9)8(3)10(12)13/h7-9H,4-6H2,1-3H3,(H,12,13). The SMILES string of the molecule is CC(C)CN(C1CC1)C(C)C(=O)O. The third-order valence-electron chi connectivity index (χ3n) is 2.45. The van der Waals surface area contributed by atoms with Crippen LogP contribution in [0.4, 0.5) is 0 Å². The molecule has 0 saturated heterocycles. The van der Waals surface area contributed by atoms with Crippen molar-refractivity contribution in [3.63, 3.8) is 0 Å². The van der Waals surface area contributed by atoms with Crippen LogP contribution >= 0.6 is 0 Å². The summed E-state index contributed by atoms with van der Waals surface area (Å²) in [6, 6.07) is 0.211. The zero-order valence-electron chi connectivity index (χ0n) is 8.66. The molecule has 1 rings (SSSR count). The second-order valence-electron chi connectivity index (χ2n) is 4.34. The molecule has 0 radical (unpaired) electrons. The lowest BCUT2D eigenvalue weighted by atomic mass is 10.1. The Morgan fingerprint density at radius 2 is 2.00 bits per heavy atom. The molecule has 0 aliphatic heterocycles. The molecule has 0 bridgehead atoms. The van der Waals surface area contributed by atoms with Crippen LogP contribution in [-0.2, 0) is 4.79 Å². The summed E-state index contributed by atoms with van der Waals surface area (Å²) in [6.45, 7) is 6.94. The first kappa shape index (κ1) is 10.5. The van der Waals surface area contributed by atoms with Gasteiger partial charge in [0.2, 0.25) is 0 Å². The molecule has 76 valence electrons. The number of carboxylic acid groups (broad SMARTS) is 1. The molecule has 0 aromatic heterocycles. The highest BCUT2D eigenvalue weighted by atomic mass is 16.4. The van der Waals surface area contributed by atoms with Crippen LogP contribution in [0.5, 0.6) is 0 Å². The largest absolute Gasteiger partial charge is 0.480 e. The smallest absolute Gasteiger partial charge is 0.320 e. The van der Waals surface area contributed by atoms with Gasteiger partial charge in [-0.2, -0.15) is 0 Å². The van der Waals surface area contributed by atoms with E-state index in [-0.39, 0.29) is 6.04 Å². The molecule has 1 unspecified atom stereocenters. The maximum atomic E-state index is 10.8. The Balaban J connectivity index is 2.50. The van der Waals surface area contributed by atoms with Gasteiger partial charge in [0.15, 0.2) is 0 Å². The van der Waals surface area contributed by atoms with E-state index in [1.165, 1.54) is 12.8 Å². The maximum absolute atomic E-state index is 10.8. The first-order chi connectivity index (χ1) is 6.02. The zero-order chi connectivity index (χ0) is 10.0. The van der Waals surface area contributed by atoms with Crippen molar-refractivity contribution >= 4 is 5.97 Å². The summed E-state index contributed by atoms with van der Waals surface area (Å²) in [7, 11) is 0. The normalized spacial score (nSPS) is 19.5. The van der Waals surface area contributed by atoms with Gasteiger partial charge in [-0.25, -0.2) is 0 Å². The molecule has 0 spiro atoms. The van der Waals surface area contributed by atoms with Crippen molar-refractivity contribution in [3.05, 3.63) is 0 Å². The summed E-state index contributed by atoms with van der Waals surface area (Å²) in [4.78, 5) is 12.9. The highest BCUT2D eigenvalue weighted by Gasteiger charge is 2.34. The fourth-order valence-corrected chi connectivity index (χ4v) is 1.59. The topological polar surface area (TPSA) is 40.5 Å². The van der Waals surface area contributed by atoms with Crippen molar-refractivity contribution in [1.29, 1.82) is 0 Å². The molecule has 1 N–H and O–H groups in total. The Bertz CT molecular complexity index is 187. The van der Waals surface area contributed by atoms with E-state index in [4.69, 9.17) is 5.11 Å². The lowest BCUT2D eigenvalue weighted by Crippen LogP contribution is -2.42. The van der Waals surface area contributed by atoms with Crippen molar-refractivity contribution in [2.45, 2.75) is 45.7 Å². The Hall–Kier alpha value is -0.570. The van der Waals surface area contributed by atoms with Crippen LogP contribution in [0.2, 0.25) is 0 Å². The van der Waals surface area contributed by atoms with E-state index < -0.39 is 5.97 Å². The maximum Gasteiger partial charge on any atom is 0.320 e. The van der Waals surface area contributed by atoms with E-state index in [2.05, 4.69) is 18.7 Å². The van der Waals surface area contributed by atoms with Crippen LogP contribution < -0.4 is 0 Å². The molecule has 0 aromatic rings. The Morgan fingerprint density at radius 3 is 2.31 bits per heavy atom. The van der Waals surface area contributed by atoms with E-state index in [1.54, 1.807) is 6.92 Å². The monoisotopic (exact) mass is 185 g/mol. The van der Waals surface area contributed by atoms with Crippen LogP contribution in [0.25, 0.3) is 0 Å². The summed E-state index contributed by atoms with van der Waals surface area (Å²) in [5, 5.41) is 8.90. The molecule has 1 saturated carbocycles. The van der Waals surface area contributed by atoms with Gasteiger partial charge < -0.3 is 5.11 Å². The summed E-state index contributed by atoms with van der Waals surface area (Å²) in [5.41, 5.74) is 0. The quantitative estimate of drug-likeness (QED) is 0.707. The molecule has 0 heterocycles. The van der Waals surface area contributed by atoms with Crippen molar-refractivity contribution in [2.75, 3.05) is 6.54 Å². The fraction of sp³-hybridized carbons (Fsp3) is 0.900. The van der Waals surface area contributed by atoms with Gasteiger partial charge in [0.05, 0.1) is 0 Å². The predicted octanol–water partition coefficient (Wildman–Crippen LogP) is 1.58. The van der Waals surface area contributed by atoms with Gasteiger partial charge >= 0.3 is 5.97 Å². The molecule has 3 heteroatoms. The minimum absolute atomic E-state index is 0.324. The van der Waals surface area contributed by atoms with Gasteiger partial charge in [0.25, 0.3) is 0 Å². The summed E-state index contributed by atoms with van der Waals surface area (Å²) in [5.74, 6) is -0.157. The number of hydrogen-bond acceptors (Lipinski definition) is 2. The molecule has 3 nitrogen and oxygen atoms in total. The van der Waals surface area contributed by atoms with E-state index in [0.717, 1.165) is 6.54 Å². The van der Waals surface area contributed by atoms with Gasteiger partial charge in [-0.15, -0.1) is 0 Å². The van der Waals surface area contributed by atoms with Crippen molar-refractivity contribution in [3.8, 4) is 0 Å². The molecule has 0 aromatic carbocycles. The van der Waals surface area contributed by atoms with Crippen LogP contribution in [0, 0.1) is 5.92 Å². The van der Waals surface area contributed by atoms with Gasteiger partial charge in [0.1, 0.15) is 6.04 Å². The average Bonchev–Trinajstić information content (AvgIpc) is 2.80. The Labute approximate surface area is 79.7 Å². The molecule has 1 fully saturated rings. The van der Waals surface area contributed by atoms with E-state index >= 15 is 0 Å². The Kier molecular flexibility index (Phi) is 3.31. The highest BCUT2D eigenvalue weighted by molar-refractivity contribution is 5.73. The zero-order valence-corrected chi connectivity index (χ0v) is 8.66. The number of nitrogens with zero attached hydrogens (tertiary/aromatic N) is 1. The van der Waals surface area contributed by atoms with Gasteiger partial charge in [-0.3, -0.25) is 9.69 Å². The summed E-state index contributed by atoms with van der Waals surface area (Å²) in [6.07, 6.45) is 2.34. The van der Waals surface area contributed by atoms with E-state index in [0.29, 0.717) is 12.0 Å². The third kappa shape index (κ3) is 2.99. The predicted molar refractivity (Wildman–Crippen MR) is 51.7 cm³/mol.